The van der Waals surface area contributed by atoms with Crippen molar-refractivity contribution in [1.82, 2.24) is 4.90 Å². The highest BCUT2D eigenvalue weighted by molar-refractivity contribution is 5.99. The average Bonchev–Trinajstić information content (AvgIpc) is 2.51. The molecule has 0 aliphatic carbocycles. The average molecular weight is 221 g/mol. The van der Waals surface area contributed by atoms with Gasteiger partial charge in [0.1, 0.15) is 0 Å². The Morgan fingerprint density at radius 1 is 1.44 bits per heavy atom. The second kappa shape index (κ2) is 3.88. The minimum atomic E-state index is -1.33. The number of carbonyl (C=O) groups excluding carboxylic acids is 1. The zero-order valence-electron chi connectivity index (χ0n) is 9.43. The molecule has 4 nitrogen and oxygen atoms in total. The summed E-state index contributed by atoms with van der Waals surface area (Å²) >= 11 is 0. The maximum absolute atomic E-state index is 11.9. The lowest BCUT2D eigenvalue weighted by Crippen LogP contribution is -2.44. The number of ether oxygens (including phenoxy) is 1. The summed E-state index contributed by atoms with van der Waals surface area (Å²) in [5, 5.41) is 10.5. The molecule has 4 heteroatoms. The third kappa shape index (κ3) is 1.42. The normalized spacial score (nSPS) is 23.7. The molecule has 0 saturated carbocycles. The van der Waals surface area contributed by atoms with Gasteiger partial charge in [-0.15, -0.1) is 0 Å². The maximum Gasteiger partial charge on any atom is 0.256 e. The maximum atomic E-state index is 11.9. The molecule has 1 aliphatic rings. The Morgan fingerprint density at radius 3 is 2.81 bits per heavy atom. The summed E-state index contributed by atoms with van der Waals surface area (Å²) in [4.78, 5) is 13.2. The Kier molecular flexibility index (Phi) is 2.69. The molecule has 1 N–H and O–H groups in total. The van der Waals surface area contributed by atoms with Crippen LogP contribution in [-0.4, -0.2) is 36.2 Å². The molecule has 0 radical (unpaired) electrons. The van der Waals surface area contributed by atoms with E-state index in [9.17, 15) is 9.90 Å². The highest BCUT2D eigenvalue weighted by Gasteiger charge is 2.46. The molecular weight excluding hydrogens is 206 g/mol. The van der Waals surface area contributed by atoms with E-state index in [0.717, 1.165) is 0 Å². The first-order valence-electron chi connectivity index (χ1n) is 5.29. The molecular formula is C12H15NO3. The minimum absolute atomic E-state index is 0.1000. The molecule has 0 bridgehead atoms. The van der Waals surface area contributed by atoms with Crippen LogP contribution in [0.4, 0.5) is 0 Å². The van der Waals surface area contributed by atoms with Crippen LogP contribution < -0.4 is 0 Å². The fourth-order valence-electron chi connectivity index (χ4n) is 1.97. The summed E-state index contributed by atoms with van der Waals surface area (Å²) in [7, 11) is 1.58. The molecule has 1 aliphatic heterocycles. The van der Waals surface area contributed by atoms with E-state index >= 15 is 0 Å². The van der Waals surface area contributed by atoms with Gasteiger partial charge in [-0.3, -0.25) is 4.79 Å². The number of benzene rings is 1. The zero-order chi connectivity index (χ0) is 11.8. The summed E-state index contributed by atoms with van der Waals surface area (Å²) in [5.74, 6) is -0.169. The highest BCUT2D eigenvalue weighted by Crippen LogP contribution is 2.35. The molecule has 2 rings (SSSR count). The second-order valence-electron chi connectivity index (χ2n) is 3.86. The summed E-state index contributed by atoms with van der Waals surface area (Å²) in [5.41, 5.74) is -0.160. The SMILES string of the molecule is CCOCC1(O)c2ccccc2C(=O)N1C. The van der Waals surface area contributed by atoms with Gasteiger partial charge in [-0.1, -0.05) is 18.2 Å². The van der Waals surface area contributed by atoms with Crippen LogP contribution in [0, 0.1) is 0 Å². The third-order valence-electron chi connectivity index (χ3n) is 2.96. The number of hydrogen-bond donors (Lipinski definition) is 1. The van der Waals surface area contributed by atoms with Crippen LogP contribution in [0.5, 0.6) is 0 Å². The van der Waals surface area contributed by atoms with E-state index in [-0.39, 0.29) is 12.5 Å². The van der Waals surface area contributed by atoms with Gasteiger partial charge in [-0.25, -0.2) is 0 Å². The van der Waals surface area contributed by atoms with Gasteiger partial charge in [0.15, 0.2) is 5.72 Å². The third-order valence-corrected chi connectivity index (χ3v) is 2.96. The van der Waals surface area contributed by atoms with Gasteiger partial charge in [0.2, 0.25) is 0 Å². The van der Waals surface area contributed by atoms with Crippen LogP contribution in [0.25, 0.3) is 0 Å². The number of hydrogen-bond acceptors (Lipinski definition) is 3. The van der Waals surface area contributed by atoms with Crippen molar-refractivity contribution < 1.29 is 14.6 Å². The first kappa shape index (κ1) is 11.1. The van der Waals surface area contributed by atoms with Crippen molar-refractivity contribution in [3.8, 4) is 0 Å². The number of nitrogens with zero attached hydrogens (tertiary/aromatic N) is 1. The summed E-state index contributed by atoms with van der Waals surface area (Å²) in [6.07, 6.45) is 0. The first-order chi connectivity index (χ1) is 7.61. The van der Waals surface area contributed by atoms with Crippen molar-refractivity contribution in [3.63, 3.8) is 0 Å². The molecule has 86 valence electrons. The Morgan fingerprint density at radius 2 is 2.12 bits per heavy atom. The van der Waals surface area contributed by atoms with Crippen LogP contribution in [0.15, 0.2) is 24.3 Å². The predicted molar refractivity (Wildman–Crippen MR) is 58.9 cm³/mol. The molecule has 1 aromatic carbocycles. The molecule has 1 heterocycles. The van der Waals surface area contributed by atoms with Gasteiger partial charge in [0.05, 0.1) is 6.61 Å². The highest BCUT2D eigenvalue weighted by atomic mass is 16.5. The molecule has 1 aromatic rings. The lowest BCUT2D eigenvalue weighted by atomic mass is 10.0. The molecule has 0 spiro atoms. The standard InChI is InChI=1S/C12H15NO3/c1-3-16-8-12(15)10-7-5-4-6-9(10)11(14)13(12)2/h4-7,15H,3,8H2,1-2H3. The van der Waals surface area contributed by atoms with E-state index in [1.165, 1.54) is 4.90 Å². The van der Waals surface area contributed by atoms with Gasteiger partial charge < -0.3 is 14.7 Å². The van der Waals surface area contributed by atoms with Crippen LogP contribution in [-0.2, 0) is 10.5 Å². The fourth-order valence-corrected chi connectivity index (χ4v) is 1.97. The smallest absolute Gasteiger partial charge is 0.256 e. The Balaban J connectivity index is 2.43. The van der Waals surface area contributed by atoms with Crippen LogP contribution in [0.1, 0.15) is 22.8 Å². The van der Waals surface area contributed by atoms with Crippen LogP contribution >= 0.6 is 0 Å². The summed E-state index contributed by atoms with van der Waals surface area (Å²) < 4.78 is 5.25. The van der Waals surface area contributed by atoms with E-state index in [4.69, 9.17) is 4.74 Å². The van der Waals surface area contributed by atoms with Gasteiger partial charge in [-0.05, 0) is 13.0 Å². The zero-order valence-corrected chi connectivity index (χ0v) is 9.43. The number of rotatable bonds is 3. The van der Waals surface area contributed by atoms with E-state index in [2.05, 4.69) is 0 Å². The molecule has 0 fully saturated rings. The number of amides is 1. The Labute approximate surface area is 94.4 Å². The van der Waals surface area contributed by atoms with Crippen molar-refractivity contribution >= 4 is 5.91 Å². The lowest BCUT2D eigenvalue weighted by molar-refractivity contribution is -0.123. The van der Waals surface area contributed by atoms with Crippen molar-refractivity contribution in [3.05, 3.63) is 35.4 Å². The van der Waals surface area contributed by atoms with E-state index in [1.54, 1.807) is 25.2 Å². The van der Waals surface area contributed by atoms with Crippen molar-refractivity contribution in [1.29, 1.82) is 0 Å². The second-order valence-corrected chi connectivity index (χ2v) is 3.86. The first-order valence-corrected chi connectivity index (χ1v) is 5.29. The number of aliphatic hydroxyl groups is 1. The fraction of sp³-hybridized carbons (Fsp3) is 0.417. The number of carbonyl (C=O) groups is 1. The molecule has 0 aromatic heterocycles. The van der Waals surface area contributed by atoms with Gasteiger partial charge in [0, 0.05) is 24.8 Å². The molecule has 1 amide bonds. The molecule has 16 heavy (non-hydrogen) atoms. The number of fused-ring (bicyclic) bond motifs is 1. The van der Waals surface area contributed by atoms with E-state index < -0.39 is 5.72 Å². The topological polar surface area (TPSA) is 49.8 Å². The van der Waals surface area contributed by atoms with Crippen molar-refractivity contribution in [2.75, 3.05) is 20.3 Å². The Bertz CT molecular complexity index is 418. The monoisotopic (exact) mass is 221 g/mol. The van der Waals surface area contributed by atoms with Gasteiger partial charge >= 0.3 is 0 Å². The molecule has 1 atom stereocenters. The van der Waals surface area contributed by atoms with Crippen molar-refractivity contribution in [2.24, 2.45) is 0 Å². The van der Waals surface area contributed by atoms with E-state index in [0.29, 0.717) is 17.7 Å². The molecule has 0 saturated heterocycles. The largest absolute Gasteiger partial charge is 0.376 e. The number of likely N-dealkylation sites (N-methyl/N-ethyl adjacent to an activating group) is 1. The van der Waals surface area contributed by atoms with E-state index in [1.807, 2.05) is 13.0 Å². The Hall–Kier alpha value is -1.39. The quantitative estimate of drug-likeness (QED) is 0.826. The molecule has 1 unspecified atom stereocenters. The summed E-state index contributed by atoms with van der Waals surface area (Å²) in [6.45, 7) is 2.46. The van der Waals surface area contributed by atoms with Gasteiger partial charge in [0.25, 0.3) is 5.91 Å². The summed E-state index contributed by atoms with van der Waals surface area (Å²) in [6, 6.07) is 7.08. The van der Waals surface area contributed by atoms with Gasteiger partial charge in [-0.2, -0.15) is 0 Å². The lowest BCUT2D eigenvalue weighted by Gasteiger charge is -2.30. The van der Waals surface area contributed by atoms with Crippen molar-refractivity contribution in [2.45, 2.75) is 12.6 Å². The predicted octanol–water partition coefficient (Wildman–Crippen LogP) is 0.954. The minimum Gasteiger partial charge on any atom is -0.376 e. The van der Waals surface area contributed by atoms with Crippen LogP contribution in [0.3, 0.4) is 0 Å². The van der Waals surface area contributed by atoms with Crippen LogP contribution in [0.2, 0.25) is 0 Å².